The van der Waals surface area contributed by atoms with E-state index in [-0.39, 0.29) is 11.8 Å². The van der Waals surface area contributed by atoms with Gasteiger partial charge < -0.3 is 20.0 Å². The highest BCUT2D eigenvalue weighted by molar-refractivity contribution is 7.20. The normalized spacial score (nSPS) is 14.7. The van der Waals surface area contributed by atoms with E-state index in [0.717, 1.165) is 66.1 Å². The number of aromatic nitrogens is 3. The highest BCUT2D eigenvalue weighted by atomic mass is 35.5. The summed E-state index contributed by atoms with van der Waals surface area (Å²) in [5, 5.41) is 9.69. The average Bonchev–Trinajstić information content (AvgIpc) is 3.38. The summed E-state index contributed by atoms with van der Waals surface area (Å²) in [5.41, 5.74) is 2.77. The van der Waals surface area contributed by atoms with Gasteiger partial charge in [-0.3, -0.25) is 4.79 Å². The van der Waals surface area contributed by atoms with Crippen LogP contribution in [0.3, 0.4) is 0 Å². The molecule has 0 unspecified atom stereocenters. The SMILES string of the molecule is C=C(CN(C)C(=O)C1CCN(c2nn3cc(-c4ccc(Cl)cc4)nc3s2)CC1)NCCN(C)C. The third kappa shape index (κ3) is 5.89. The number of amides is 1. The molecule has 0 spiro atoms. The molecule has 1 saturated heterocycles. The van der Waals surface area contributed by atoms with E-state index >= 15 is 0 Å². The standard InChI is InChI=1S/C24H32ClN7OS/c1-17(26-11-14-29(2)3)15-30(4)22(33)19-9-12-31(13-10-19)24-28-32-16-21(27-23(32)34-24)18-5-7-20(25)8-6-18/h5-8,16,19,26H,1,9-15H2,2-4H3. The Morgan fingerprint density at radius 3 is 2.59 bits per heavy atom. The first-order valence-corrected chi connectivity index (χ1v) is 12.7. The lowest BCUT2D eigenvalue weighted by Gasteiger charge is -2.33. The first kappa shape index (κ1) is 24.5. The molecule has 0 radical (unpaired) electrons. The Bertz CT molecular complexity index is 1100. The maximum absolute atomic E-state index is 12.9. The Morgan fingerprint density at radius 1 is 1.24 bits per heavy atom. The topological polar surface area (TPSA) is 69.0 Å². The molecule has 4 rings (SSSR count). The van der Waals surface area contributed by atoms with E-state index in [1.54, 1.807) is 16.2 Å². The predicted octanol–water partition coefficient (Wildman–Crippen LogP) is 3.45. The van der Waals surface area contributed by atoms with Crippen molar-refractivity contribution in [3.8, 4) is 11.3 Å². The molecule has 3 aromatic rings. The number of carbonyl (C=O) groups excluding carboxylic acids is 1. The zero-order chi connectivity index (χ0) is 24.2. The Kier molecular flexibility index (Phi) is 7.75. The molecule has 1 fully saturated rings. The van der Waals surface area contributed by atoms with Gasteiger partial charge in [0.15, 0.2) is 0 Å². The number of hydrogen-bond acceptors (Lipinski definition) is 7. The van der Waals surface area contributed by atoms with Gasteiger partial charge in [-0.1, -0.05) is 41.6 Å². The number of rotatable bonds is 9. The van der Waals surface area contributed by atoms with Gasteiger partial charge in [0, 0.05) is 55.4 Å². The van der Waals surface area contributed by atoms with Crippen LogP contribution < -0.4 is 10.2 Å². The first-order chi connectivity index (χ1) is 16.3. The molecule has 1 amide bonds. The third-order valence-corrected chi connectivity index (χ3v) is 7.26. The maximum atomic E-state index is 12.9. The Morgan fingerprint density at radius 2 is 1.94 bits per heavy atom. The quantitative estimate of drug-likeness (QED) is 0.484. The molecule has 0 atom stereocenters. The summed E-state index contributed by atoms with van der Waals surface area (Å²) < 4.78 is 1.84. The smallest absolute Gasteiger partial charge is 0.225 e. The zero-order valence-corrected chi connectivity index (χ0v) is 21.6. The minimum atomic E-state index is 0.0383. The molecule has 1 N–H and O–H groups in total. The first-order valence-electron chi connectivity index (χ1n) is 11.5. The zero-order valence-electron chi connectivity index (χ0n) is 20.0. The number of halogens is 1. The van der Waals surface area contributed by atoms with Crippen LogP contribution in [0.5, 0.6) is 0 Å². The molecular weight excluding hydrogens is 470 g/mol. The predicted molar refractivity (Wildman–Crippen MR) is 140 cm³/mol. The number of anilines is 1. The Labute approximate surface area is 209 Å². The van der Waals surface area contributed by atoms with E-state index in [2.05, 4.69) is 21.7 Å². The largest absolute Gasteiger partial charge is 0.386 e. The summed E-state index contributed by atoms with van der Waals surface area (Å²) in [6.07, 6.45) is 3.59. The van der Waals surface area contributed by atoms with Gasteiger partial charge in [-0.05, 0) is 39.1 Å². The monoisotopic (exact) mass is 501 g/mol. The van der Waals surface area contributed by atoms with Crippen LogP contribution >= 0.6 is 22.9 Å². The minimum absolute atomic E-state index is 0.0383. The van der Waals surface area contributed by atoms with Gasteiger partial charge in [0.25, 0.3) is 0 Å². The highest BCUT2D eigenvalue weighted by Crippen LogP contribution is 2.30. The van der Waals surface area contributed by atoms with Crippen molar-refractivity contribution in [1.82, 2.24) is 29.7 Å². The summed E-state index contributed by atoms with van der Waals surface area (Å²) in [7, 11) is 5.94. The molecule has 3 heterocycles. The van der Waals surface area contributed by atoms with Crippen molar-refractivity contribution in [2.75, 3.05) is 58.8 Å². The Hall–Kier alpha value is -2.62. The van der Waals surface area contributed by atoms with Gasteiger partial charge in [0.2, 0.25) is 16.0 Å². The molecular formula is C24H32ClN7OS. The van der Waals surface area contributed by atoms with E-state index in [0.29, 0.717) is 11.6 Å². The highest BCUT2D eigenvalue weighted by Gasteiger charge is 2.29. The summed E-state index contributed by atoms with van der Waals surface area (Å²) >= 11 is 7.57. The van der Waals surface area contributed by atoms with Crippen LogP contribution in [0.4, 0.5) is 5.13 Å². The number of nitrogens with zero attached hydrogens (tertiary/aromatic N) is 6. The van der Waals surface area contributed by atoms with Crippen LogP contribution in [0.2, 0.25) is 5.02 Å². The lowest BCUT2D eigenvalue weighted by atomic mass is 9.95. The van der Waals surface area contributed by atoms with Crippen molar-refractivity contribution in [2.45, 2.75) is 12.8 Å². The molecule has 34 heavy (non-hydrogen) atoms. The number of imidazole rings is 1. The number of hydrogen-bond donors (Lipinski definition) is 1. The second-order valence-corrected chi connectivity index (χ2v) is 10.4. The molecule has 8 nitrogen and oxygen atoms in total. The molecule has 1 aromatic carbocycles. The Balaban J connectivity index is 1.29. The molecule has 0 saturated carbocycles. The van der Waals surface area contributed by atoms with E-state index in [9.17, 15) is 4.79 Å². The summed E-state index contributed by atoms with van der Waals surface area (Å²) in [5.74, 6) is 0.230. The number of nitrogens with one attached hydrogen (secondary N) is 1. The molecule has 2 aromatic heterocycles. The van der Waals surface area contributed by atoms with Crippen molar-refractivity contribution in [1.29, 1.82) is 0 Å². The van der Waals surface area contributed by atoms with Gasteiger partial charge in [0.1, 0.15) is 0 Å². The number of fused-ring (bicyclic) bond motifs is 1. The van der Waals surface area contributed by atoms with E-state index in [4.69, 9.17) is 21.7 Å². The average molecular weight is 502 g/mol. The van der Waals surface area contributed by atoms with Gasteiger partial charge in [0.05, 0.1) is 18.4 Å². The summed E-state index contributed by atoms with van der Waals surface area (Å²) in [4.78, 5) is 24.7. The van der Waals surface area contributed by atoms with Gasteiger partial charge in [-0.2, -0.15) is 0 Å². The fourth-order valence-corrected chi connectivity index (χ4v) is 5.14. The minimum Gasteiger partial charge on any atom is -0.386 e. The molecule has 0 aliphatic carbocycles. The number of benzene rings is 1. The third-order valence-electron chi connectivity index (χ3n) is 6.03. The van der Waals surface area contributed by atoms with Crippen molar-refractivity contribution in [3.05, 3.63) is 47.8 Å². The van der Waals surface area contributed by atoms with Crippen LogP contribution in [0.1, 0.15) is 12.8 Å². The van der Waals surface area contributed by atoms with E-state index < -0.39 is 0 Å². The fourth-order valence-electron chi connectivity index (χ4n) is 4.08. The molecule has 1 aliphatic heterocycles. The van der Waals surface area contributed by atoms with E-state index in [1.165, 1.54) is 0 Å². The van der Waals surface area contributed by atoms with Crippen LogP contribution in [-0.4, -0.2) is 84.2 Å². The van der Waals surface area contributed by atoms with Crippen molar-refractivity contribution in [2.24, 2.45) is 5.92 Å². The van der Waals surface area contributed by atoms with Crippen molar-refractivity contribution < 1.29 is 4.79 Å². The summed E-state index contributed by atoms with van der Waals surface area (Å²) in [6, 6.07) is 7.65. The van der Waals surface area contributed by atoms with Gasteiger partial charge >= 0.3 is 0 Å². The number of piperidine rings is 1. The van der Waals surface area contributed by atoms with Gasteiger partial charge in [-0.15, -0.1) is 5.10 Å². The number of carbonyl (C=O) groups is 1. The van der Waals surface area contributed by atoms with Crippen LogP contribution in [0.25, 0.3) is 16.2 Å². The fraction of sp³-hybridized carbons (Fsp3) is 0.458. The van der Waals surface area contributed by atoms with Gasteiger partial charge in [-0.25, -0.2) is 9.50 Å². The second kappa shape index (κ2) is 10.8. The number of likely N-dealkylation sites (N-methyl/N-ethyl adjacent to an activating group) is 2. The van der Waals surface area contributed by atoms with E-state index in [1.807, 2.05) is 56.1 Å². The molecule has 10 heteroatoms. The molecule has 182 valence electrons. The van der Waals surface area contributed by atoms with Crippen LogP contribution in [0.15, 0.2) is 42.7 Å². The molecule has 1 aliphatic rings. The maximum Gasteiger partial charge on any atom is 0.225 e. The lowest BCUT2D eigenvalue weighted by Crippen LogP contribution is -2.42. The van der Waals surface area contributed by atoms with Crippen molar-refractivity contribution in [3.63, 3.8) is 0 Å². The lowest BCUT2D eigenvalue weighted by molar-refractivity contribution is -0.134. The molecule has 0 bridgehead atoms. The van der Waals surface area contributed by atoms with Crippen molar-refractivity contribution >= 4 is 38.9 Å². The second-order valence-electron chi connectivity index (χ2n) is 9.03. The van der Waals surface area contributed by atoms with Crippen LogP contribution in [-0.2, 0) is 4.79 Å². The van der Waals surface area contributed by atoms with Crippen LogP contribution in [0, 0.1) is 5.92 Å². The summed E-state index contributed by atoms with van der Waals surface area (Å²) in [6.45, 7) is 7.98.